The average Bonchev–Trinajstić information content (AvgIpc) is 4.03. The average molecular weight is 858 g/mol. The molecule has 344 valence electrons. The van der Waals surface area contributed by atoms with Crippen LogP contribution in [0, 0.1) is 46.4 Å². The Morgan fingerprint density at radius 1 is 0.532 bits per heavy atom. The van der Waals surface area contributed by atoms with Crippen molar-refractivity contribution in [3.8, 4) is 0 Å². The first-order valence-corrected chi connectivity index (χ1v) is 22.0. The van der Waals surface area contributed by atoms with Crippen LogP contribution in [0.3, 0.4) is 0 Å². The standard InChI is InChI=1S/C8H14N2.3C7H12N2.C7H11N.C6H9FN2.C6H10N2/c1-6(2)10-8(4)5-7(3)9-10;1-6(2)9-5-7(3)4-8-9;1-6(2)9-5-4-7(3)8-9;1-6(2)9-7(3)4-5-8-9;1-6(2)7-4-3-5-8-7;1-5(2)9-4-6(7)3-8-9;1-6(2)8-5-3-4-7-8/h5-6H,1-4H3;3*4-6H,1-3H3;3-4,6H,5H2,1-2H3;3-5H,1-2H3;3-6H,1-2H3. The van der Waals surface area contributed by atoms with Crippen molar-refractivity contribution < 1.29 is 4.39 Å². The van der Waals surface area contributed by atoms with E-state index in [0.29, 0.717) is 36.1 Å². The summed E-state index contributed by atoms with van der Waals surface area (Å²) in [4.78, 5) is 4.24. The van der Waals surface area contributed by atoms with Gasteiger partial charge in [0.05, 0.1) is 36.5 Å². The first-order valence-electron chi connectivity index (χ1n) is 22.0. The van der Waals surface area contributed by atoms with Crippen molar-refractivity contribution in [2.75, 3.05) is 6.54 Å². The molecule has 0 aliphatic carbocycles. The summed E-state index contributed by atoms with van der Waals surface area (Å²) in [7, 11) is 0. The van der Waals surface area contributed by atoms with Crippen LogP contribution in [0.1, 0.15) is 162 Å². The Bertz CT molecular complexity index is 1990. The van der Waals surface area contributed by atoms with Crippen LogP contribution in [0.4, 0.5) is 4.39 Å². The van der Waals surface area contributed by atoms with Crippen molar-refractivity contribution in [3.63, 3.8) is 0 Å². The molecule has 0 amide bonds. The summed E-state index contributed by atoms with van der Waals surface area (Å²) in [5.41, 5.74) is 7.13. The van der Waals surface area contributed by atoms with E-state index in [1.54, 1.807) is 10.9 Å². The Kier molecular flexibility index (Phi) is 24.9. The first kappa shape index (κ1) is 54.6. The Morgan fingerprint density at radius 2 is 1.11 bits per heavy atom. The van der Waals surface area contributed by atoms with Crippen LogP contribution < -0.4 is 0 Å². The van der Waals surface area contributed by atoms with Crippen LogP contribution in [0.5, 0.6) is 0 Å². The van der Waals surface area contributed by atoms with Crippen LogP contribution in [0.15, 0.2) is 91.0 Å². The van der Waals surface area contributed by atoms with Gasteiger partial charge in [-0.25, -0.2) is 4.39 Å². The predicted octanol–water partition coefficient (Wildman–Crippen LogP) is 12.1. The second-order valence-electron chi connectivity index (χ2n) is 17.2. The third-order valence-electron chi connectivity index (χ3n) is 8.83. The van der Waals surface area contributed by atoms with E-state index >= 15 is 0 Å². The van der Waals surface area contributed by atoms with Crippen LogP contribution in [-0.4, -0.2) is 70.9 Å². The molecule has 0 atom stereocenters. The van der Waals surface area contributed by atoms with Crippen LogP contribution in [-0.2, 0) is 0 Å². The van der Waals surface area contributed by atoms with Gasteiger partial charge in [0.1, 0.15) is 0 Å². The Balaban J connectivity index is 0.000000362. The molecule has 6 aromatic heterocycles. The highest BCUT2D eigenvalue weighted by Gasteiger charge is 2.04. The van der Waals surface area contributed by atoms with Gasteiger partial charge in [-0.05, 0) is 160 Å². The van der Waals surface area contributed by atoms with Gasteiger partial charge >= 0.3 is 0 Å². The van der Waals surface area contributed by atoms with E-state index in [1.807, 2.05) is 107 Å². The van der Waals surface area contributed by atoms with Gasteiger partial charge in [0.15, 0.2) is 5.82 Å². The second-order valence-corrected chi connectivity index (χ2v) is 17.2. The van der Waals surface area contributed by atoms with E-state index in [9.17, 15) is 4.39 Å². The molecule has 0 bridgehead atoms. The zero-order valence-electron chi connectivity index (χ0n) is 41.5. The van der Waals surface area contributed by atoms with Gasteiger partial charge in [0.2, 0.25) is 0 Å². The van der Waals surface area contributed by atoms with Crippen LogP contribution >= 0.6 is 0 Å². The smallest absolute Gasteiger partial charge is 0.161 e. The highest BCUT2D eigenvalue weighted by atomic mass is 19.1. The lowest BCUT2D eigenvalue weighted by molar-refractivity contribution is 0.516. The fourth-order valence-electron chi connectivity index (χ4n) is 5.47. The van der Waals surface area contributed by atoms with Gasteiger partial charge in [0, 0.05) is 84.3 Å². The van der Waals surface area contributed by atoms with Gasteiger partial charge in [0.25, 0.3) is 0 Å². The minimum absolute atomic E-state index is 0.245. The fourth-order valence-corrected chi connectivity index (χ4v) is 5.47. The van der Waals surface area contributed by atoms with Gasteiger partial charge in [-0.2, -0.15) is 30.6 Å². The molecular weight excluding hydrogens is 778 g/mol. The highest BCUT2D eigenvalue weighted by molar-refractivity contribution is 5.97. The van der Waals surface area contributed by atoms with Crippen LogP contribution in [0.25, 0.3) is 0 Å². The van der Waals surface area contributed by atoms with Crippen molar-refractivity contribution in [1.29, 1.82) is 0 Å². The maximum Gasteiger partial charge on any atom is 0.161 e. The largest absolute Gasteiger partial charge is 0.285 e. The molecule has 0 aromatic carbocycles. The van der Waals surface area contributed by atoms with Crippen molar-refractivity contribution in [2.45, 2.75) is 168 Å². The zero-order valence-corrected chi connectivity index (χ0v) is 41.5. The maximum absolute atomic E-state index is 12.2. The maximum atomic E-state index is 12.2. The number of rotatable bonds is 7. The summed E-state index contributed by atoms with van der Waals surface area (Å²) >= 11 is 0. The Hall–Kier alpha value is -5.40. The number of aliphatic imine (C=N–C) groups is 1. The topological polar surface area (TPSA) is 119 Å². The van der Waals surface area contributed by atoms with E-state index in [-0.39, 0.29) is 11.9 Å². The summed E-state index contributed by atoms with van der Waals surface area (Å²) in [6.07, 6.45) is 18.3. The number of aryl methyl sites for hydroxylation is 5. The predicted molar refractivity (Wildman–Crippen MR) is 256 cm³/mol. The monoisotopic (exact) mass is 858 g/mol. The van der Waals surface area contributed by atoms with E-state index in [0.717, 1.165) is 17.9 Å². The number of halogens is 1. The highest BCUT2D eigenvalue weighted by Crippen LogP contribution is 2.09. The molecule has 6 aromatic rings. The van der Waals surface area contributed by atoms with Gasteiger partial charge in [-0.15, -0.1) is 0 Å². The van der Waals surface area contributed by atoms with Crippen molar-refractivity contribution in [2.24, 2.45) is 10.9 Å². The van der Waals surface area contributed by atoms with E-state index in [1.165, 1.54) is 35.1 Å². The fraction of sp³-hybridized carbons (Fsp3) is 0.562. The minimum atomic E-state index is -0.274. The quantitative estimate of drug-likeness (QED) is 0.158. The molecule has 62 heavy (non-hydrogen) atoms. The molecule has 0 spiro atoms. The molecule has 7 heterocycles. The number of hydrogen-bond donors (Lipinski definition) is 0. The lowest BCUT2D eigenvalue weighted by Gasteiger charge is -2.06. The minimum Gasteiger partial charge on any atom is -0.285 e. The normalized spacial score (nSPS) is 11.6. The molecule has 1 aliphatic rings. The lowest BCUT2D eigenvalue weighted by Crippen LogP contribution is -2.04. The summed E-state index contributed by atoms with van der Waals surface area (Å²) in [5, 5.41) is 24.6. The molecule has 14 heteroatoms. The molecule has 0 saturated heterocycles. The number of hydrogen-bond acceptors (Lipinski definition) is 7. The SMILES string of the molecule is CC(C)C1=NCC=C1.CC(C)n1cc(F)cn1.CC(C)n1cccn1.Cc1cc(C)n(C(C)C)n1.Cc1ccn(C(C)C)n1.Cc1ccnn1C(C)C.Cc1cnn(C(C)C)c1. The zero-order chi connectivity index (χ0) is 47.1. The molecule has 0 saturated carbocycles. The Morgan fingerprint density at radius 3 is 1.34 bits per heavy atom. The van der Waals surface area contributed by atoms with Crippen molar-refractivity contribution in [3.05, 3.63) is 120 Å². The van der Waals surface area contributed by atoms with Gasteiger partial charge < -0.3 is 0 Å². The molecule has 0 unspecified atom stereocenters. The van der Waals surface area contributed by atoms with Crippen LogP contribution in [0.2, 0.25) is 0 Å². The molecule has 1 aliphatic heterocycles. The molecule has 0 N–H and O–H groups in total. The first-order chi connectivity index (χ1) is 29.0. The van der Waals surface area contributed by atoms with Gasteiger partial charge in [-0.1, -0.05) is 19.9 Å². The molecular formula is C48H80FN13. The third-order valence-corrected chi connectivity index (χ3v) is 8.83. The van der Waals surface area contributed by atoms with Crippen molar-refractivity contribution in [1.82, 2.24) is 58.7 Å². The molecule has 13 nitrogen and oxygen atoms in total. The van der Waals surface area contributed by atoms with Gasteiger partial charge in [-0.3, -0.25) is 33.1 Å². The summed E-state index contributed by atoms with van der Waals surface area (Å²) in [6, 6.07) is 10.7. The summed E-state index contributed by atoms with van der Waals surface area (Å²) in [6.45, 7) is 40.5. The van der Waals surface area contributed by atoms with E-state index < -0.39 is 0 Å². The Labute approximate surface area is 373 Å². The van der Waals surface area contributed by atoms with E-state index in [2.05, 4.69) is 151 Å². The van der Waals surface area contributed by atoms with Crippen molar-refractivity contribution >= 4 is 5.71 Å². The molecule has 0 fully saturated rings. The summed E-state index contributed by atoms with van der Waals surface area (Å²) < 4.78 is 23.6. The second kappa shape index (κ2) is 28.2. The molecule has 7 rings (SSSR count). The third kappa shape index (κ3) is 21.4. The number of allylic oxidation sites excluding steroid dienone is 1. The molecule has 0 radical (unpaired) electrons. The number of aromatic nitrogens is 12. The lowest BCUT2D eigenvalue weighted by atomic mass is 10.1. The summed E-state index contributed by atoms with van der Waals surface area (Å²) in [5.74, 6) is 0.331. The number of nitrogens with zero attached hydrogens (tertiary/aromatic N) is 13. The van der Waals surface area contributed by atoms with E-state index in [4.69, 9.17) is 0 Å².